The number of likely N-dealkylation sites (tertiary alicyclic amines) is 1. The highest BCUT2D eigenvalue weighted by molar-refractivity contribution is 5.92. The van der Waals surface area contributed by atoms with Crippen LogP contribution in [0.5, 0.6) is 0 Å². The highest BCUT2D eigenvalue weighted by Gasteiger charge is 2.22. The number of rotatable bonds is 4. The van der Waals surface area contributed by atoms with Gasteiger partial charge in [-0.2, -0.15) is 0 Å². The molecule has 2 rings (SSSR count). The average Bonchev–Trinajstić information content (AvgIpc) is 2.46. The minimum absolute atomic E-state index is 0.0394. The summed E-state index contributed by atoms with van der Waals surface area (Å²) in [5.74, 6) is 0.113. The number of hydrogen-bond donors (Lipinski definition) is 1. The number of carbonyl (C=O) groups is 2. The van der Waals surface area contributed by atoms with E-state index in [9.17, 15) is 9.59 Å². The van der Waals surface area contributed by atoms with Crippen LogP contribution in [0.2, 0.25) is 0 Å². The molecular formula is C18H24N2O2. The van der Waals surface area contributed by atoms with Gasteiger partial charge in [-0.05, 0) is 49.8 Å². The topological polar surface area (TPSA) is 63.4 Å². The highest BCUT2D eigenvalue weighted by atomic mass is 16.2. The standard InChI is InChI=1S/C18H24N2O2/c1-13-3-4-16(14(2)11-13)5-6-18(22)20-9-7-15(8-10-20)12-17(19)21/h3-6,11,15H,7-10,12H2,1-2H3,(H2,19,21)/b6-5-. The fraction of sp³-hybridized carbons (Fsp3) is 0.444. The van der Waals surface area contributed by atoms with Crippen molar-refractivity contribution in [2.75, 3.05) is 13.1 Å². The van der Waals surface area contributed by atoms with Crippen LogP contribution < -0.4 is 5.73 Å². The van der Waals surface area contributed by atoms with Gasteiger partial charge in [-0.15, -0.1) is 0 Å². The summed E-state index contributed by atoms with van der Waals surface area (Å²) >= 11 is 0. The molecule has 0 saturated carbocycles. The minimum atomic E-state index is -0.250. The SMILES string of the molecule is Cc1ccc(/C=C\C(=O)N2CCC(CC(N)=O)CC2)c(C)c1. The van der Waals surface area contributed by atoms with E-state index in [1.165, 1.54) is 11.1 Å². The van der Waals surface area contributed by atoms with Gasteiger partial charge >= 0.3 is 0 Å². The van der Waals surface area contributed by atoms with Gasteiger partial charge in [0.2, 0.25) is 11.8 Å². The van der Waals surface area contributed by atoms with E-state index >= 15 is 0 Å². The van der Waals surface area contributed by atoms with Crippen molar-refractivity contribution in [1.82, 2.24) is 4.90 Å². The molecule has 0 radical (unpaired) electrons. The molecule has 118 valence electrons. The molecule has 1 heterocycles. The Kier molecular flexibility index (Phi) is 5.36. The molecule has 1 aliphatic heterocycles. The lowest BCUT2D eigenvalue weighted by atomic mass is 9.93. The number of amides is 2. The van der Waals surface area contributed by atoms with Crippen molar-refractivity contribution in [2.24, 2.45) is 11.7 Å². The largest absolute Gasteiger partial charge is 0.370 e. The summed E-state index contributed by atoms with van der Waals surface area (Å²) in [5.41, 5.74) is 8.69. The van der Waals surface area contributed by atoms with E-state index in [1.807, 2.05) is 30.0 Å². The number of carbonyl (C=O) groups excluding carboxylic acids is 2. The van der Waals surface area contributed by atoms with E-state index in [2.05, 4.69) is 13.0 Å². The zero-order valence-electron chi connectivity index (χ0n) is 13.3. The summed E-state index contributed by atoms with van der Waals surface area (Å²) in [6, 6.07) is 6.19. The molecule has 0 unspecified atom stereocenters. The number of hydrogen-bond acceptors (Lipinski definition) is 2. The molecule has 22 heavy (non-hydrogen) atoms. The lowest BCUT2D eigenvalue weighted by Gasteiger charge is -2.30. The van der Waals surface area contributed by atoms with Crippen LogP contribution in [0.3, 0.4) is 0 Å². The van der Waals surface area contributed by atoms with Gasteiger partial charge in [0.05, 0.1) is 0 Å². The van der Waals surface area contributed by atoms with Gasteiger partial charge < -0.3 is 10.6 Å². The Morgan fingerprint density at radius 1 is 1.27 bits per heavy atom. The summed E-state index contributed by atoms with van der Waals surface area (Å²) in [6.45, 7) is 5.51. The van der Waals surface area contributed by atoms with E-state index in [4.69, 9.17) is 5.73 Å². The smallest absolute Gasteiger partial charge is 0.246 e. The second-order valence-electron chi connectivity index (χ2n) is 6.13. The van der Waals surface area contributed by atoms with Gasteiger partial charge in [0.25, 0.3) is 0 Å². The third-order valence-electron chi connectivity index (χ3n) is 4.25. The molecule has 2 N–H and O–H groups in total. The van der Waals surface area contributed by atoms with Crippen LogP contribution in [-0.4, -0.2) is 29.8 Å². The molecule has 4 nitrogen and oxygen atoms in total. The second kappa shape index (κ2) is 7.25. The summed E-state index contributed by atoms with van der Waals surface area (Å²) in [5, 5.41) is 0. The zero-order chi connectivity index (χ0) is 16.1. The van der Waals surface area contributed by atoms with Gasteiger partial charge in [-0.25, -0.2) is 0 Å². The molecule has 1 aromatic carbocycles. The molecule has 0 aromatic heterocycles. The molecule has 0 spiro atoms. The van der Waals surface area contributed by atoms with Crippen LogP contribution in [-0.2, 0) is 9.59 Å². The molecule has 1 aliphatic rings. The second-order valence-corrected chi connectivity index (χ2v) is 6.13. The molecule has 1 fully saturated rings. The maximum atomic E-state index is 12.2. The lowest BCUT2D eigenvalue weighted by molar-refractivity contribution is -0.127. The molecule has 2 amide bonds. The molecule has 1 saturated heterocycles. The number of primary amides is 1. The molecule has 0 aliphatic carbocycles. The Morgan fingerprint density at radius 3 is 2.55 bits per heavy atom. The first-order valence-corrected chi connectivity index (χ1v) is 7.78. The van der Waals surface area contributed by atoms with Crippen molar-refractivity contribution in [3.8, 4) is 0 Å². The maximum absolute atomic E-state index is 12.2. The van der Waals surface area contributed by atoms with E-state index in [1.54, 1.807) is 6.08 Å². The predicted octanol–water partition coefficient (Wildman–Crippen LogP) is 2.43. The number of nitrogens with zero attached hydrogens (tertiary/aromatic N) is 1. The quantitative estimate of drug-likeness (QED) is 0.868. The lowest BCUT2D eigenvalue weighted by Crippen LogP contribution is -2.38. The third kappa shape index (κ3) is 4.45. The number of nitrogens with two attached hydrogens (primary N) is 1. The van der Waals surface area contributed by atoms with Crippen LogP contribution in [0.15, 0.2) is 24.3 Å². The molecule has 1 aromatic rings. The molecule has 0 bridgehead atoms. The van der Waals surface area contributed by atoms with Gasteiger partial charge in [0.15, 0.2) is 0 Å². The first-order valence-electron chi connectivity index (χ1n) is 7.78. The highest BCUT2D eigenvalue weighted by Crippen LogP contribution is 2.20. The average molecular weight is 300 g/mol. The Labute approximate surface area is 132 Å². The minimum Gasteiger partial charge on any atom is -0.370 e. The van der Waals surface area contributed by atoms with Crippen LogP contribution in [0.1, 0.15) is 36.0 Å². The summed E-state index contributed by atoms with van der Waals surface area (Å²) < 4.78 is 0. The fourth-order valence-corrected chi connectivity index (χ4v) is 2.92. The summed E-state index contributed by atoms with van der Waals surface area (Å²) in [4.78, 5) is 25.0. The monoisotopic (exact) mass is 300 g/mol. The summed E-state index contributed by atoms with van der Waals surface area (Å²) in [6.07, 6.45) is 5.66. The van der Waals surface area contributed by atoms with Crippen LogP contribution in [0.25, 0.3) is 6.08 Å². The fourth-order valence-electron chi connectivity index (χ4n) is 2.92. The Hall–Kier alpha value is -2.10. The first kappa shape index (κ1) is 16.3. The predicted molar refractivity (Wildman–Crippen MR) is 88.1 cm³/mol. The van der Waals surface area contributed by atoms with Gasteiger partial charge in [0, 0.05) is 25.6 Å². The Morgan fingerprint density at radius 2 is 1.95 bits per heavy atom. The van der Waals surface area contributed by atoms with Crippen molar-refractivity contribution < 1.29 is 9.59 Å². The number of aryl methyl sites for hydroxylation is 2. The van der Waals surface area contributed by atoms with Crippen LogP contribution >= 0.6 is 0 Å². The zero-order valence-corrected chi connectivity index (χ0v) is 13.3. The van der Waals surface area contributed by atoms with Crippen LogP contribution in [0, 0.1) is 19.8 Å². The van der Waals surface area contributed by atoms with Gasteiger partial charge in [-0.1, -0.05) is 23.8 Å². The Balaban J connectivity index is 1.90. The number of benzene rings is 1. The molecular weight excluding hydrogens is 276 g/mol. The molecule has 0 atom stereocenters. The van der Waals surface area contributed by atoms with Gasteiger partial charge in [0.1, 0.15) is 0 Å². The van der Waals surface area contributed by atoms with Crippen molar-refractivity contribution in [1.29, 1.82) is 0 Å². The van der Waals surface area contributed by atoms with Crippen molar-refractivity contribution in [3.63, 3.8) is 0 Å². The van der Waals surface area contributed by atoms with E-state index in [0.717, 1.165) is 18.4 Å². The third-order valence-corrected chi connectivity index (χ3v) is 4.25. The van der Waals surface area contributed by atoms with E-state index < -0.39 is 0 Å². The van der Waals surface area contributed by atoms with Crippen molar-refractivity contribution in [3.05, 3.63) is 41.0 Å². The number of piperidine rings is 1. The Bertz CT molecular complexity index is 585. The summed E-state index contributed by atoms with van der Waals surface area (Å²) in [7, 11) is 0. The van der Waals surface area contributed by atoms with E-state index in [-0.39, 0.29) is 11.8 Å². The van der Waals surface area contributed by atoms with Crippen molar-refractivity contribution in [2.45, 2.75) is 33.1 Å². The first-order chi connectivity index (χ1) is 10.5. The van der Waals surface area contributed by atoms with E-state index in [0.29, 0.717) is 25.4 Å². The van der Waals surface area contributed by atoms with Crippen molar-refractivity contribution >= 4 is 17.9 Å². The normalized spacial score (nSPS) is 16.2. The van der Waals surface area contributed by atoms with Gasteiger partial charge in [-0.3, -0.25) is 9.59 Å². The maximum Gasteiger partial charge on any atom is 0.246 e. The molecule has 4 heteroatoms. The van der Waals surface area contributed by atoms with Crippen LogP contribution in [0.4, 0.5) is 0 Å².